The summed E-state index contributed by atoms with van der Waals surface area (Å²) in [6, 6.07) is 5.61. The van der Waals surface area contributed by atoms with Crippen LogP contribution in [0.3, 0.4) is 0 Å². The van der Waals surface area contributed by atoms with Crippen LogP contribution in [0.4, 0.5) is 0 Å². The van der Waals surface area contributed by atoms with E-state index in [2.05, 4.69) is 4.72 Å². The van der Waals surface area contributed by atoms with Crippen molar-refractivity contribution in [1.82, 2.24) is 4.72 Å². The highest BCUT2D eigenvalue weighted by atomic mass is 32.2. The molecule has 0 saturated carbocycles. The first-order valence-corrected chi connectivity index (χ1v) is 8.12. The molecule has 0 bridgehead atoms. The Hall–Kier alpha value is -1.04. The highest BCUT2D eigenvalue weighted by molar-refractivity contribution is 7.90. The van der Waals surface area contributed by atoms with Crippen LogP contribution < -0.4 is 4.72 Å². The lowest BCUT2D eigenvalue weighted by molar-refractivity contribution is -0.141. The number of methoxy groups -OCH3 is 1. The molecule has 0 aliphatic carbocycles. The summed E-state index contributed by atoms with van der Waals surface area (Å²) in [7, 11) is 1.36. The number of hydrogen-bond donors (Lipinski definition) is 1. The average molecular weight is 311 g/mol. The molecule has 0 aliphatic rings. The number of benzene rings is 1. The molecule has 4 nitrogen and oxygen atoms in total. The molecule has 1 N–H and O–H groups in total. The molecule has 0 heterocycles. The molecule has 0 amide bonds. The van der Waals surface area contributed by atoms with E-state index in [1.165, 1.54) is 7.11 Å². The van der Waals surface area contributed by atoms with Crippen molar-refractivity contribution in [2.45, 2.75) is 51.8 Å². The van der Waals surface area contributed by atoms with Gasteiger partial charge in [-0.05, 0) is 51.3 Å². The van der Waals surface area contributed by atoms with Gasteiger partial charge >= 0.3 is 5.97 Å². The molecule has 0 saturated heterocycles. The maximum atomic E-state index is 12.4. The lowest BCUT2D eigenvalue weighted by atomic mass is 9.96. The SMILES string of the molecule is COC(=O)C[C@H](N[S@+]([O-])C(C)(C)C)c1cccc(C)c1C. The van der Waals surface area contributed by atoms with Gasteiger partial charge in [-0.25, -0.2) is 0 Å². The number of carbonyl (C=O) groups excluding carboxylic acids is 1. The van der Waals surface area contributed by atoms with Crippen molar-refractivity contribution in [2.75, 3.05) is 7.11 Å². The summed E-state index contributed by atoms with van der Waals surface area (Å²) in [5, 5.41) is 0. The van der Waals surface area contributed by atoms with Crippen molar-refractivity contribution in [3.8, 4) is 0 Å². The number of esters is 1. The standard InChI is InChI=1S/C16H25NO3S/c1-11-8-7-9-13(12(11)2)14(10-15(18)20-6)17-21(19)16(3,4)5/h7-9,14,17H,10H2,1-6H3/t14-,21+/m0/s1. The fourth-order valence-electron chi connectivity index (χ4n) is 1.92. The van der Waals surface area contributed by atoms with Gasteiger partial charge in [-0.2, -0.15) is 0 Å². The molecular formula is C16H25NO3S. The third-order valence-electron chi connectivity index (χ3n) is 3.43. The Bertz CT molecular complexity index is 497. The van der Waals surface area contributed by atoms with Crippen LogP contribution in [-0.2, 0) is 20.9 Å². The van der Waals surface area contributed by atoms with Gasteiger partial charge in [-0.1, -0.05) is 18.2 Å². The number of hydrogen-bond acceptors (Lipinski definition) is 4. The van der Waals surface area contributed by atoms with Crippen LogP contribution in [0.25, 0.3) is 0 Å². The monoisotopic (exact) mass is 311 g/mol. The van der Waals surface area contributed by atoms with E-state index in [0.29, 0.717) is 0 Å². The second-order valence-electron chi connectivity index (χ2n) is 6.12. The molecule has 0 spiro atoms. The molecule has 2 atom stereocenters. The Kier molecular flexibility index (Phi) is 6.25. The fourth-order valence-corrected chi connectivity index (χ4v) is 2.74. The quantitative estimate of drug-likeness (QED) is 0.671. The maximum Gasteiger partial charge on any atom is 0.307 e. The molecule has 118 valence electrons. The Morgan fingerprint density at radius 1 is 1.38 bits per heavy atom. The predicted octanol–water partition coefficient (Wildman–Crippen LogP) is 2.96. The Balaban J connectivity index is 3.07. The van der Waals surface area contributed by atoms with E-state index in [4.69, 9.17) is 4.74 Å². The van der Waals surface area contributed by atoms with E-state index in [-0.39, 0.29) is 18.4 Å². The largest absolute Gasteiger partial charge is 0.598 e. The number of nitrogens with one attached hydrogen (secondary N) is 1. The van der Waals surface area contributed by atoms with Crippen LogP contribution in [-0.4, -0.2) is 22.4 Å². The molecule has 21 heavy (non-hydrogen) atoms. The van der Waals surface area contributed by atoms with Crippen molar-refractivity contribution in [3.63, 3.8) is 0 Å². The van der Waals surface area contributed by atoms with Gasteiger partial charge in [-0.15, -0.1) is 4.72 Å². The van der Waals surface area contributed by atoms with E-state index in [1.807, 2.05) is 52.8 Å². The van der Waals surface area contributed by atoms with Gasteiger partial charge in [0.15, 0.2) is 0 Å². The number of aryl methyl sites for hydroxylation is 1. The van der Waals surface area contributed by atoms with Crippen LogP contribution in [0.1, 0.15) is 49.9 Å². The summed E-state index contributed by atoms with van der Waals surface area (Å²) in [6.07, 6.45) is 0.155. The van der Waals surface area contributed by atoms with Gasteiger partial charge in [0.05, 0.1) is 19.6 Å². The van der Waals surface area contributed by atoms with Crippen molar-refractivity contribution in [2.24, 2.45) is 0 Å². The van der Waals surface area contributed by atoms with E-state index in [1.54, 1.807) is 0 Å². The third-order valence-corrected chi connectivity index (χ3v) is 5.04. The van der Waals surface area contributed by atoms with Crippen molar-refractivity contribution in [3.05, 3.63) is 34.9 Å². The molecule has 1 aromatic carbocycles. The minimum Gasteiger partial charge on any atom is -0.598 e. The van der Waals surface area contributed by atoms with E-state index < -0.39 is 16.1 Å². The zero-order valence-electron chi connectivity index (χ0n) is 13.6. The van der Waals surface area contributed by atoms with Gasteiger partial charge < -0.3 is 9.29 Å². The lowest BCUT2D eigenvalue weighted by Gasteiger charge is -2.28. The van der Waals surface area contributed by atoms with Gasteiger partial charge in [0.25, 0.3) is 0 Å². The van der Waals surface area contributed by atoms with Crippen LogP contribution in [0.5, 0.6) is 0 Å². The first-order chi connectivity index (χ1) is 9.66. The topological polar surface area (TPSA) is 61.4 Å². The Labute approximate surface area is 130 Å². The van der Waals surface area contributed by atoms with Crippen molar-refractivity contribution in [1.29, 1.82) is 0 Å². The highest BCUT2D eigenvalue weighted by Crippen LogP contribution is 2.26. The van der Waals surface area contributed by atoms with E-state index in [9.17, 15) is 9.35 Å². The molecule has 0 radical (unpaired) electrons. The summed E-state index contributed by atoms with van der Waals surface area (Å²) in [6.45, 7) is 9.72. The first-order valence-electron chi connectivity index (χ1n) is 6.97. The predicted molar refractivity (Wildman–Crippen MR) is 86.3 cm³/mol. The fraction of sp³-hybridized carbons (Fsp3) is 0.562. The van der Waals surface area contributed by atoms with Gasteiger partial charge in [0, 0.05) is 11.4 Å². The van der Waals surface area contributed by atoms with Crippen LogP contribution in [0, 0.1) is 13.8 Å². The molecule has 0 aromatic heterocycles. The molecule has 5 heteroatoms. The Morgan fingerprint density at radius 3 is 2.52 bits per heavy atom. The molecule has 0 fully saturated rings. The van der Waals surface area contributed by atoms with Gasteiger partial charge in [0.1, 0.15) is 4.75 Å². The molecular weight excluding hydrogens is 286 g/mol. The van der Waals surface area contributed by atoms with Crippen molar-refractivity contribution < 1.29 is 14.1 Å². The Morgan fingerprint density at radius 2 is 2.00 bits per heavy atom. The minimum atomic E-state index is -1.26. The molecule has 1 rings (SSSR count). The molecule has 0 unspecified atom stereocenters. The summed E-state index contributed by atoms with van der Waals surface area (Å²) >= 11 is -1.26. The number of carbonyl (C=O) groups is 1. The van der Waals surface area contributed by atoms with Crippen LogP contribution in [0.2, 0.25) is 0 Å². The average Bonchev–Trinajstić information content (AvgIpc) is 2.39. The molecule has 0 aliphatic heterocycles. The second kappa shape index (κ2) is 7.29. The van der Waals surface area contributed by atoms with Gasteiger partial charge in [0.2, 0.25) is 0 Å². The van der Waals surface area contributed by atoms with Crippen LogP contribution >= 0.6 is 0 Å². The van der Waals surface area contributed by atoms with E-state index >= 15 is 0 Å². The summed E-state index contributed by atoms with van der Waals surface area (Å²) in [5.74, 6) is -0.320. The smallest absolute Gasteiger partial charge is 0.307 e. The second-order valence-corrected chi connectivity index (χ2v) is 8.12. The van der Waals surface area contributed by atoms with Gasteiger partial charge in [-0.3, -0.25) is 4.79 Å². The van der Waals surface area contributed by atoms with E-state index in [0.717, 1.165) is 16.7 Å². The van der Waals surface area contributed by atoms with Crippen molar-refractivity contribution >= 4 is 17.3 Å². The zero-order chi connectivity index (χ0) is 16.2. The summed E-state index contributed by atoms with van der Waals surface area (Å²) in [4.78, 5) is 11.7. The number of rotatable bonds is 5. The minimum absolute atomic E-state index is 0.155. The lowest BCUT2D eigenvalue weighted by Crippen LogP contribution is -2.42. The third kappa shape index (κ3) is 5.02. The normalized spacial score (nSPS) is 14.6. The highest BCUT2D eigenvalue weighted by Gasteiger charge is 2.31. The summed E-state index contributed by atoms with van der Waals surface area (Å²) in [5.41, 5.74) is 3.23. The zero-order valence-corrected chi connectivity index (χ0v) is 14.5. The summed E-state index contributed by atoms with van der Waals surface area (Å²) < 4.78 is 19.8. The maximum absolute atomic E-state index is 12.4. The van der Waals surface area contributed by atoms with Crippen LogP contribution in [0.15, 0.2) is 18.2 Å². The first kappa shape index (κ1) is 18.0. The molecule has 1 aromatic rings. The number of ether oxygens (including phenoxy) is 1.